The Balaban J connectivity index is 2.49. The molecule has 0 heterocycles. The van der Waals surface area contributed by atoms with Gasteiger partial charge in [0.1, 0.15) is 24.7 Å². The summed E-state index contributed by atoms with van der Waals surface area (Å²) in [6, 6.07) is 4.06. The Morgan fingerprint density at radius 3 is 2.57 bits per heavy atom. The summed E-state index contributed by atoms with van der Waals surface area (Å²) < 4.78 is 11.6. The van der Waals surface area contributed by atoms with Crippen LogP contribution in [-0.2, 0) is 11.3 Å². The molecule has 0 spiro atoms. The minimum Gasteiger partial charge on any atom is -0.493 e. The normalized spacial score (nSPS) is 10.1. The maximum atomic E-state index is 5.98. The van der Waals surface area contributed by atoms with Gasteiger partial charge in [0.05, 0.1) is 12.3 Å². The van der Waals surface area contributed by atoms with Gasteiger partial charge in [-0.2, -0.15) is 0 Å². The van der Waals surface area contributed by atoms with Gasteiger partial charge in [-0.1, -0.05) is 24.7 Å². The van der Waals surface area contributed by atoms with E-state index in [1.54, 1.807) is 6.08 Å². The molecule has 0 unspecified atom stereocenters. The van der Waals surface area contributed by atoms with E-state index in [9.17, 15) is 0 Å². The van der Waals surface area contributed by atoms with Crippen LogP contribution >= 0.6 is 0 Å². The molecular weight excluding hydrogens is 290 g/mol. The van der Waals surface area contributed by atoms with Crippen molar-refractivity contribution in [3.05, 3.63) is 35.9 Å². The summed E-state index contributed by atoms with van der Waals surface area (Å²) in [5.74, 6) is 1.84. The lowest BCUT2D eigenvalue weighted by Gasteiger charge is -2.15. The van der Waals surface area contributed by atoms with Crippen LogP contribution in [0.4, 0.5) is 0 Å². The fourth-order valence-electron chi connectivity index (χ4n) is 2.14. The molecule has 0 fully saturated rings. The van der Waals surface area contributed by atoms with Crippen molar-refractivity contribution in [3.8, 4) is 11.5 Å². The van der Waals surface area contributed by atoms with Crippen LogP contribution in [0.25, 0.3) is 0 Å². The highest BCUT2D eigenvalue weighted by Crippen LogP contribution is 2.29. The van der Waals surface area contributed by atoms with E-state index >= 15 is 0 Å². The SMILES string of the molecule is C=CCOc1cc(C)c(OCCCCON=C(C)C)c(CC)c1. The Morgan fingerprint density at radius 1 is 1.17 bits per heavy atom. The molecule has 0 radical (unpaired) electrons. The van der Waals surface area contributed by atoms with Gasteiger partial charge in [-0.25, -0.2) is 0 Å². The number of hydrogen-bond acceptors (Lipinski definition) is 4. The van der Waals surface area contributed by atoms with Gasteiger partial charge in [0, 0.05) is 0 Å². The van der Waals surface area contributed by atoms with Crippen molar-refractivity contribution in [2.24, 2.45) is 5.16 Å². The fourth-order valence-corrected chi connectivity index (χ4v) is 2.14. The van der Waals surface area contributed by atoms with Gasteiger partial charge in [0.15, 0.2) is 0 Å². The molecule has 4 heteroatoms. The molecule has 0 atom stereocenters. The first-order valence-electron chi connectivity index (χ1n) is 8.21. The van der Waals surface area contributed by atoms with Crippen molar-refractivity contribution in [3.63, 3.8) is 0 Å². The smallest absolute Gasteiger partial charge is 0.125 e. The van der Waals surface area contributed by atoms with Crippen LogP contribution in [0.3, 0.4) is 0 Å². The van der Waals surface area contributed by atoms with E-state index in [0.717, 1.165) is 42.0 Å². The maximum Gasteiger partial charge on any atom is 0.125 e. The van der Waals surface area contributed by atoms with Crippen LogP contribution < -0.4 is 9.47 Å². The van der Waals surface area contributed by atoms with Crippen molar-refractivity contribution < 1.29 is 14.3 Å². The standard InChI is InChI=1S/C19H29NO3/c1-6-10-21-18-13-16(5)19(17(7-2)14-18)22-11-8-9-12-23-20-15(3)4/h6,13-14H,1,7-12H2,2-5H3. The summed E-state index contributed by atoms with van der Waals surface area (Å²) in [5, 5.41) is 3.91. The summed E-state index contributed by atoms with van der Waals surface area (Å²) in [5.41, 5.74) is 3.21. The molecule has 0 amide bonds. The summed E-state index contributed by atoms with van der Waals surface area (Å²) in [7, 11) is 0. The lowest BCUT2D eigenvalue weighted by atomic mass is 10.1. The van der Waals surface area contributed by atoms with Gasteiger partial charge in [-0.3, -0.25) is 0 Å². The Morgan fingerprint density at radius 2 is 1.91 bits per heavy atom. The van der Waals surface area contributed by atoms with Gasteiger partial charge in [0.25, 0.3) is 0 Å². The van der Waals surface area contributed by atoms with Crippen molar-refractivity contribution in [2.45, 2.75) is 47.0 Å². The number of hydrogen-bond donors (Lipinski definition) is 0. The molecule has 0 N–H and O–H groups in total. The monoisotopic (exact) mass is 319 g/mol. The zero-order valence-electron chi connectivity index (χ0n) is 14.9. The molecule has 0 aromatic heterocycles. The highest BCUT2D eigenvalue weighted by Gasteiger charge is 2.09. The molecule has 0 saturated carbocycles. The average molecular weight is 319 g/mol. The van der Waals surface area contributed by atoms with Crippen LogP contribution in [0, 0.1) is 6.92 Å². The zero-order chi connectivity index (χ0) is 17.1. The molecule has 1 aromatic rings. The van der Waals surface area contributed by atoms with E-state index < -0.39 is 0 Å². The number of benzene rings is 1. The number of ether oxygens (including phenoxy) is 2. The first-order valence-corrected chi connectivity index (χ1v) is 8.21. The molecule has 0 saturated heterocycles. The molecule has 0 aliphatic carbocycles. The minimum absolute atomic E-state index is 0.516. The number of aryl methyl sites for hydroxylation is 2. The molecular formula is C19H29NO3. The summed E-state index contributed by atoms with van der Waals surface area (Å²) in [6.45, 7) is 13.5. The molecule has 23 heavy (non-hydrogen) atoms. The van der Waals surface area contributed by atoms with Crippen LogP contribution in [0.1, 0.15) is 44.7 Å². The predicted octanol–water partition coefficient (Wildman–Crippen LogP) is 4.69. The molecule has 0 aliphatic heterocycles. The largest absolute Gasteiger partial charge is 0.493 e. The highest BCUT2D eigenvalue weighted by molar-refractivity contribution is 5.78. The van der Waals surface area contributed by atoms with Gasteiger partial charge in [-0.05, 0) is 63.3 Å². The Labute approximate surface area is 140 Å². The molecule has 1 aromatic carbocycles. The van der Waals surface area contributed by atoms with Crippen LogP contribution in [-0.4, -0.2) is 25.5 Å². The number of oxime groups is 1. The van der Waals surface area contributed by atoms with Gasteiger partial charge >= 0.3 is 0 Å². The van der Waals surface area contributed by atoms with Gasteiger partial charge < -0.3 is 14.3 Å². The first-order chi connectivity index (χ1) is 11.1. The summed E-state index contributed by atoms with van der Waals surface area (Å²) >= 11 is 0. The highest BCUT2D eigenvalue weighted by atomic mass is 16.6. The molecule has 1 rings (SSSR count). The summed E-state index contributed by atoms with van der Waals surface area (Å²) in [4.78, 5) is 5.18. The quantitative estimate of drug-likeness (QED) is 0.257. The average Bonchev–Trinajstić information content (AvgIpc) is 2.52. The second-order valence-electron chi connectivity index (χ2n) is 5.61. The van der Waals surface area contributed by atoms with Crippen LogP contribution in [0.5, 0.6) is 11.5 Å². The predicted molar refractivity (Wildman–Crippen MR) is 95.7 cm³/mol. The topological polar surface area (TPSA) is 40.0 Å². The Hall–Kier alpha value is -1.97. The third kappa shape index (κ3) is 7.22. The van der Waals surface area contributed by atoms with E-state index in [1.165, 1.54) is 5.56 Å². The van der Waals surface area contributed by atoms with E-state index in [2.05, 4.69) is 25.6 Å². The van der Waals surface area contributed by atoms with Gasteiger partial charge in [-0.15, -0.1) is 0 Å². The van der Waals surface area contributed by atoms with E-state index in [-0.39, 0.29) is 0 Å². The number of nitrogens with zero attached hydrogens (tertiary/aromatic N) is 1. The van der Waals surface area contributed by atoms with Crippen molar-refractivity contribution in [2.75, 3.05) is 19.8 Å². The number of unbranched alkanes of at least 4 members (excludes halogenated alkanes) is 1. The van der Waals surface area contributed by atoms with Crippen LogP contribution in [0.15, 0.2) is 29.9 Å². The second kappa shape index (κ2) is 10.7. The third-order valence-electron chi connectivity index (χ3n) is 3.20. The second-order valence-corrected chi connectivity index (χ2v) is 5.61. The molecule has 0 bridgehead atoms. The Kier molecular flexibility index (Phi) is 8.88. The molecule has 0 aliphatic rings. The van der Waals surface area contributed by atoms with E-state index in [0.29, 0.717) is 19.8 Å². The third-order valence-corrected chi connectivity index (χ3v) is 3.20. The van der Waals surface area contributed by atoms with E-state index in [1.807, 2.05) is 26.0 Å². The number of rotatable bonds is 11. The first kappa shape index (κ1) is 19.1. The lowest BCUT2D eigenvalue weighted by Crippen LogP contribution is -2.04. The van der Waals surface area contributed by atoms with Crippen LogP contribution in [0.2, 0.25) is 0 Å². The molecule has 128 valence electrons. The minimum atomic E-state index is 0.516. The Bertz CT molecular complexity index is 520. The fraction of sp³-hybridized carbons (Fsp3) is 0.526. The lowest BCUT2D eigenvalue weighted by molar-refractivity contribution is 0.135. The summed E-state index contributed by atoms with van der Waals surface area (Å²) in [6.07, 6.45) is 4.53. The molecule has 4 nitrogen and oxygen atoms in total. The zero-order valence-corrected chi connectivity index (χ0v) is 14.9. The van der Waals surface area contributed by atoms with E-state index in [4.69, 9.17) is 14.3 Å². The van der Waals surface area contributed by atoms with Gasteiger partial charge in [0.2, 0.25) is 0 Å². The van der Waals surface area contributed by atoms with Crippen molar-refractivity contribution in [1.29, 1.82) is 0 Å². The van der Waals surface area contributed by atoms with Crippen molar-refractivity contribution >= 4 is 5.71 Å². The van der Waals surface area contributed by atoms with Crippen molar-refractivity contribution in [1.82, 2.24) is 0 Å². The maximum absolute atomic E-state index is 5.98.